The lowest BCUT2D eigenvalue weighted by molar-refractivity contribution is -0.148. The first-order chi connectivity index (χ1) is 7.70. The molecule has 1 aromatic heterocycles. The van der Waals surface area contributed by atoms with E-state index in [1.165, 1.54) is 20.0 Å². The van der Waals surface area contributed by atoms with Crippen LogP contribution in [-0.4, -0.2) is 33.8 Å². The van der Waals surface area contributed by atoms with Crippen LogP contribution < -0.4 is 0 Å². The van der Waals surface area contributed by atoms with E-state index in [0.29, 0.717) is 6.42 Å². The molecule has 0 fully saturated rings. The minimum absolute atomic E-state index is 0.339. The number of hydrogen-bond donors (Lipinski definition) is 1. The van der Waals surface area contributed by atoms with E-state index in [0.717, 1.165) is 24.5 Å². The van der Waals surface area contributed by atoms with Gasteiger partial charge in [-0.2, -0.15) is 0 Å². The summed E-state index contributed by atoms with van der Waals surface area (Å²) in [5.41, 5.74) is 0.811. The van der Waals surface area contributed by atoms with Crippen molar-refractivity contribution in [1.29, 1.82) is 0 Å². The second-order valence-corrected chi connectivity index (χ2v) is 4.07. The Labute approximate surface area is 94.1 Å². The Morgan fingerprint density at radius 2 is 2.50 bits per heavy atom. The zero-order valence-corrected chi connectivity index (χ0v) is 9.35. The van der Waals surface area contributed by atoms with Gasteiger partial charge in [-0.15, -0.1) is 0 Å². The molecule has 2 heterocycles. The van der Waals surface area contributed by atoms with Crippen molar-refractivity contribution in [2.24, 2.45) is 0 Å². The van der Waals surface area contributed by atoms with Crippen LogP contribution in [0.2, 0.25) is 0 Å². The maximum Gasteiger partial charge on any atom is 0.333 e. The molecule has 1 N–H and O–H groups in total. The standard InChI is InChI=1S/C11H16N2O3/c1-16-9(11(14)15)6-8-7-13-5-3-2-4-10(13)12-8/h7,9H,2-6H2,1H3,(H,14,15). The molecular weight excluding hydrogens is 208 g/mol. The second kappa shape index (κ2) is 4.65. The number of carboxylic acids is 1. The lowest BCUT2D eigenvalue weighted by atomic mass is 10.2. The predicted molar refractivity (Wildman–Crippen MR) is 57.3 cm³/mol. The Bertz CT molecular complexity index is 363. The molecule has 0 spiro atoms. The fraction of sp³-hybridized carbons (Fsp3) is 0.636. The minimum Gasteiger partial charge on any atom is -0.479 e. The first-order valence-corrected chi connectivity index (χ1v) is 5.51. The number of fused-ring (bicyclic) bond motifs is 1. The van der Waals surface area contributed by atoms with Gasteiger partial charge in [0, 0.05) is 32.7 Å². The van der Waals surface area contributed by atoms with Crippen LogP contribution in [0.15, 0.2) is 6.20 Å². The van der Waals surface area contributed by atoms with Crippen molar-refractivity contribution in [3.05, 3.63) is 17.7 Å². The zero-order valence-electron chi connectivity index (χ0n) is 9.35. The van der Waals surface area contributed by atoms with Crippen LogP contribution in [0.1, 0.15) is 24.4 Å². The Morgan fingerprint density at radius 1 is 1.69 bits per heavy atom. The molecule has 0 radical (unpaired) electrons. The van der Waals surface area contributed by atoms with Gasteiger partial charge in [-0.05, 0) is 12.8 Å². The molecule has 0 amide bonds. The van der Waals surface area contributed by atoms with Gasteiger partial charge in [-0.3, -0.25) is 0 Å². The van der Waals surface area contributed by atoms with Gasteiger partial charge in [0.05, 0.1) is 5.69 Å². The molecule has 0 aliphatic carbocycles. The van der Waals surface area contributed by atoms with Crippen LogP contribution in [-0.2, 0) is 28.9 Å². The smallest absolute Gasteiger partial charge is 0.333 e. The number of rotatable bonds is 4. The molecule has 0 saturated heterocycles. The third-order valence-corrected chi connectivity index (χ3v) is 2.91. The van der Waals surface area contributed by atoms with Crippen molar-refractivity contribution in [1.82, 2.24) is 9.55 Å². The largest absolute Gasteiger partial charge is 0.479 e. The van der Waals surface area contributed by atoms with Crippen LogP contribution >= 0.6 is 0 Å². The predicted octanol–water partition coefficient (Wildman–Crippen LogP) is 0.862. The first-order valence-electron chi connectivity index (χ1n) is 5.51. The summed E-state index contributed by atoms with van der Waals surface area (Å²) in [5, 5.41) is 8.88. The van der Waals surface area contributed by atoms with Crippen LogP contribution in [0, 0.1) is 0 Å². The number of aromatic nitrogens is 2. The number of hydrogen-bond acceptors (Lipinski definition) is 3. The van der Waals surface area contributed by atoms with Crippen molar-refractivity contribution in [2.45, 2.75) is 38.3 Å². The third kappa shape index (κ3) is 2.24. The summed E-state index contributed by atoms with van der Waals surface area (Å²) in [4.78, 5) is 15.3. The van der Waals surface area contributed by atoms with Crippen LogP contribution in [0.25, 0.3) is 0 Å². The molecule has 0 aromatic carbocycles. The molecule has 16 heavy (non-hydrogen) atoms. The highest BCUT2D eigenvalue weighted by molar-refractivity contribution is 5.72. The first kappa shape index (κ1) is 11.1. The average molecular weight is 224 g/mol. The molecule has 5 heteroatoms. The third-order valence-electron chi connectivity index (χ3n) is 2.91. The monoisotopic (exact) mass is 224 g/mol. The Kier molecular flexibility index (Phi) is 3.24. The second-order valence-electron chi connectivity index (χ2n) is 4.07. The van der Waals surface area contributed by atoms with Crippen molar-refractivity contribution in [2.75, 3.05) is 7.11 Å². The van der Waals surface area contributed by atoms with Crippen LogP contribution in [0.5, 0.6) is 0 Å². The molecule has 1 unspecified atom stereocenters. The Hall–Kier alpha value is -1.36. The van der Waals surface area contributed by atoms with Gasteiger partial charge >= 0.3 is 5.97 Å². The number of aliphatic carboxylic acids is 1. The number of aryl methyl sites for hydroxylation is 2. The van der Waals surface area contributed by atoms with Crippen LogP contribution in [0.3, 0.4) is 0 Å². The quantitative estimate of drug-likeness (QED) is 0.824. The molecular formula is C11H16N2O3. The highest BCUT2D eigenvalue weighted by atomic mass is 16.5. The average Bonchev–Trinajstić information content (AvgIpc) is 2.67. The topological polar surface area (TPSA) is 64.4 Å². The molecule has 88 valence electrons. The van der Waals surface area contributed by atoms with E-state index in [9.17, 15) is 4.79 Å². The highest BCUT2D eigenvalue weighted by Crippen LogP contribution is 2.15. The molecule has 1 aromatic rings. The molecule has 1 aliphatic rings. The van der Waals surface area contributed by atoms with E-state index in [-0.39, 0.29) is 0 Å². The summed E-state index contributed by atoms with van der Waals surface area (Å²) >= 11 is 0. The summed E-state index contributed by atoms with van der Waals surface area (Å²) in [6.07, 6.45) is 4.83. The van der Waals surface area contributed by atoms with Crippen molar-refractivity contribution >= 4 is 5.97 Å². The molecule has 0 saturated carbocycles. The van der Waals surface area contributed by atoms with Gasteiger partial charge in [0.1, 0.15) is 5.82 Å². The number of methoxy groups -OCH3 is 1. The SMILES string of the molecule is COC(Cc1cn2c(n1)CCCC2)C(=O)O. The van der Waals surface area contributed by atoms with E-state index >= 15 is 0 Å². The summed E-state index contributed by atoms with van der Waals surface area (Å²) in [6.45, 7) is 0.993. The molecule has 0 bridgehead atoms. The lowest BCUT2D eigenvalue weighted by Gasteiger charge is -2.11. The number of nitrogens with zero attached hydrogens (tertiary/aromatic N) is 2. The fourth-order valence-corrected chi connectivity index (χ4v) is 2.03. The molecule has 5 nitrogen and oxygen atoms in total. The van der Waals surface area contributed by atoms with Gasteiger partial charge in [-0.25, -0.2) is 9.78 Å². The normalized spacial score (nSPS) is 16.8. The van der Waals surface area contributed by atoms with E-state index in [1.54, 1.807) is 0 Å². The Balaban J connectivity index is 2.09. The van der Waals surface area contributed by atoms with Gasteiger partial charge < -0.3 is 14.4 Å². The minimum atomic E-state index is -0.937. The van der Waals surface area contributed by atoms with Crippen molar-refractivity contribution < 1.29 is 14.6 Å². The number of imidazole rings is 1. The maximum atomic E-state index is 10.8. The summed E-state index contributed by atoms with van der Waals surface area (Å²) < 4.78 is 7.02. The van der Waals surface area contributed by atoms with Gasteiger partial charge in [-0.1, -0.05) is 0 Å². The van der Waals surface area contributed by atoms with Crippen LogP contribution in [0.4, 0.5) is 0 Å². The highest BCUT2D eigenvalue weighted by Gasteiger charge is 2.20. The summed E-state index contributed by atoms with van der Waals surface area (Å²) in [7, 11) is 1.41. The van der Waals surface area contributed by atoms with E-state index in [4.69, 9.17) is 9.84 Å². The molecule has 1 atom stereocenters. The molecule has 1 aliphatic heterocycles. The lowest BCUT2D eigenvalue weighted by Crippen LogP contribution is -2.24. The zero-order chi connectivity index (χ0) is 11.5. The van der Waals surface area contributed by atoms with Gasteiger partial charge in [0.2, 0.25) is 0 Å². The summed E-state index contributed by atoms with van der Waals surface area (Å²) in [5.74, 6) is 0.134. The van der Waals surface area contributed by atoms with Crippen molar-refractivity contribution in [3.8, 4) is 0 Å². The van der Waals surface area contributed by atoms with Crippen molar-refractivity contribution in [3.63, 3.8) is 0 Å². The van der Waals surface area contributed by atoms with E-state index < -0.39 is 12.1 Å². The van der Waals surface area contributed by atoms with E-state index in [1.807, 2.05) is 6.20 Å². The van der Waals surface area contributed by atoms with Gasteiger partial charge in [0.25, 0.3) is 0 Å². The number of carbonyl (C=O) groups is 1. The van der Waals surface area contributed by atoms with Gasteiger partial charge in [0.15, 0.2) is 6.10 Å². The number of carboxylic acid groups (broad SMARTS) is 1. The molecule has 2 rings (SSSR count). The Morgan fingerprint density at radius 3 is 3.12 bits per heavy atom. The summed E-state index contributed by atoms with van der Waals surface area (Å²) in [6, 6.07) is 0. The fourth-order valence-electron chi connectivity index (χ4n) is 2.03. The number of ether oxygens (including phenoxy) is 1. The maximum absolute atomic E-state index is 10.8. The van der Waals surface area contributed by atoms with E-state index in [2.05, 4.69) is 9.55 Å².